The highest BCUT2D eigenvalue weighted by Crippen LogP contribution is 2.32. The quantitative estimate of drug-likeness (QED) is 0.830. The second-order valence-electron chi connectivity index (χ2n) is 3.76. The van der Waals surface area contributed by atoms with E-state index in [-0.39, 0.29) is 5.75 Å². The number of rotatable bonds is 2. The summed E-state index contributed by atoms with van der Waals surface area (Å²) in [5.41, 5.74) is 2.99. The lowest BCUT2D eigenvalue weighted by atomic mass is 10.0. The summed E-state index contributed by atoms with van der Waals surface area (Å²) in [4.78, 5) is 0. The Morgan fingerprint density at radius 1 is 1.06 bits per heavy atom. The monoisotopic (exact) mass is 214 g/mol. The highest BCUT2D eigenvalue weighted by atomic mass is 16.5. The molecule has 0 radical (unpaired) electrons. The van der Waals surface area contributed by atoms with Crippen molar-refractivity contribution >= 4 is 0 Å². The Kier molecular flexibility index (Phi) is 2.82. The third-order valence-electron chi connectivity index (χ3n) is 2.48. The van der Waals surface area contributed by atoms with Crippen molar-refractivity contribution in [3.8, 4) is 22.6 Å². The van der Waals surface area contributed by atoms with Gasteiger partial charge in [-0.3, -0.25) is 0 Å². The van der Waals surface area contributed by atoms with Crippen LogP contribution in [0.25, 0.3) is 11.1 Å². The number of ether oxygens (including phenoxy) is 1. The minimum absolute atomic E-state index is 0.279. The molecule has 0 saturated heterocycles. The van der Waals surface area contributed by atoms with Crippen LogP contribution < -0.4 is 4.74 Å². The van der Waals surface area contributed by atoms with Gasteiger partial charge < -0.3 is 9.84 Å². The van der Waals surface area contributed by atoms with Gasteiger partial charge in [0.25, 0.3) is 0 Å². The van der Waals surface area contributed by atoms with E-state index >= 15 is 0 Å². The smallest absolute Gasteiger partial charge is 0.126 e. The molecule has 0 spiro atoms. The molecule has 0 bridgehead atoms. The maximum absolute atomic E-state index is 9.58. The Hall–Kier alpha value is -1.96. The van der Waals surface area contributed by atoms with E-state index in [1.54, 1.807) is 19.2 Å². The maximum atomic E-state index is 9.58. The summed E-state index contributed by atoms with van der Waals surface area (Å²) in [5.74, 6) is 1.09. The highest BCUT2D eigenvalue weighted by molar-refractivity contribution is 5.72. The Morgan fingerprint density at radius 2 is 1.81 bits per heavy atom. The van der Waals surface area contributed by atoms with Gasteiger partial charge in [0.2, 0.25) is 0 Å². The summed E-state index contributed by atoms with van der Waals surface area (Å²) in [5, 5.41) is 9.58. The van der Waals surface area contributed by atoms with Crippen LogP contribution in [0.2, 0.25) is 0 Å². The second-order valence-corrected chi connectivity index (χ2v) is 3.76. The lowest BCUT2D eigenvalue weighted by molar-refractivity contribution is 0.416. The van der Waals surface area contributed by atoms with Gasteiger partial charge in [-0.25, -0.2) is 0 Å². The van der Waals surface area contributed by atoms with E-state index in [9.17, 15) is 5.11 Å². The van der Waals surface area contributed by atoms with Crippen molar-refractivity contribution in [2.75, 3.05) is 7.11 Å². The van der Waals surface area contributed by atoms with Crippen molar-refractivity contribution in [1.29, 1.82) is 0 Å². The summed E-state index contributed by atoms with van der Waals surface area (Å²) >= 11 is 0. The van der Waals surface area contributed by atoms with E-state index < -0.39 is 0 Å². The molecule has 0 aromatic heterocycles. The lowest BCUT2D eigenvalue weighted by Gasteiger charge is -2.09. The minimum atomic E-state index is 0.279. The minimum Gasteiger partial charge on any atom is -0.508 e. The van der Waals surface area contributed by atoms with Crippen molar-refractivity contribution < 1.29 is 9.84 Å². The SMILES string of the molecule is COc1ccccc1-c1cc(C)cc(O)c1. The fraction of sp³-hybridized carbons (Fsp3) is 0.143. The molecule has 0 aliphatic carbocycles. The summed E-state index contributed by atoms with van der Waals surface area (Å²) in [7, 11) is 1.65. The van der Waals surface area contributed by atoms with Gasteiger partial charge in [-0.1, -0.05) is 24.3 Å². The third-order valence-corrected chi connectivity index (χ3v) is 2.48. The molecule has 16 heavy (non-hydrogen) atoms. The molecular weight excluding hydrogens is 200 g/mol. The van der Waals surface area contributed by atoms with Crippen LogP contribution in [0, 0.1) is 6.92 Å². The highest BCUT2D eigenvalue weighted by Gasteiger charge is 2.05. The van der Waals surface area contributed by atoms with E-state index in [1.807, 2.05) is 37.3 Å². The van der Waals surface area contributed by atoms with E-state index in [2.05, 4.69) is 0 Å². The summed E-state index contributed by atoms with van der Waals surface area (Å²) < 4.78 is 5.30. The molecule has 2 nitrogen and oxygen atoms in total. The summed E-state index contributed by atoms with van der Waals surface area (Å²) in [6.45, 7) is 1.96. The Morgan fingerprint density at radius 3 is 2.50 bits per heavy atom. The van der Waals surface area contributed by atoms with Crippen LogP contribution in [0.4, 0.5) is 0 Å². The van der Waals surface area contributed by atoms with Crippen LogP contribution in [0.3, 0.4) is 0 Å². The fourth-order valence-corrected chi connectivity index (χ4v) is 1.80. The van der Waals surface area contributed by atoms with E-state index in [4.69, 9.17) is 4.74 Å². The summed E-state index contributed by atoms with van der Waals surface area (Å²) in [6.07, 6.45) is 0. The van der Waals surface area contributed by atoms with Gasteiger partial charge >= 0.3 is 0 Å². The average Bonchev–Trinajstić information content (AvgIpc) is 2.27. The first kappa shape index (κ1) is 10.6. The van der Waals surface area contributed by atoms with Crippen molar-refractivity contribution in [3.05, 3.63) is 48.0 Å². The molecular formula is C14H14O2. The molecule has 2 rings (SSSR count). The van der Waals surface area contributed by atoms with Crippen LogP contribution in [0.15, 0.2) is 42.5 Å². The number of benzene rings is 2. The Bertz CT molecular complexity index is 484. The molecule has 2 heteroatoms. The largest absolute Gasteiger partial charge is 0.508 e. The van der Waals surface area contributed by atoms with Crippen LogP contribution in [0.5, 0.6) is 11.5 Å². The van der Waals surface area contributed by atoms with Crippen molar-refractivity contribution in [2.45, 2.75) is 6.92 Å². The van der Waals surface area contributed by atoms with Gasteiger partial charge in [0.1, 0.15) is 11.5 Å². The van der Waals surface area contributed by atoms with Gasteiger partial charge in [0.05, 0.1) is 7.11 Å². The van der Waals surface area contributed by atoms with Crippen LogP contribution in [0.1, 0.15) is 5.56 Å². The molecule has 2 aromatic carbocycles. The topological polar surface area (TPSA) is 29.5 Å². The second kappa shape index (κ2) is 4.27. The maximum Gasteiger partial charge on any atom is 0.126 e. The van der Waals surface area contributed by atoms with Crippen molar-refractivity contribution in [1.82, 2.24) is 0 Å². The first-order chi connectivity index (χ1) is 7.70. The molecule has 0 aliphatic heterocycles. The summed E-state index contributed by atoms with van der Waals surface area (Å²) in [6, 6.07) is 13.3. The molecule has 0 fully saturated rings. The third kappa shape index (κ3) is 2.01. The Balaban J connectivity index is 2.58. The Labute approximate surface area is 95.1 Å². The van der Waals surface area contributed by atoms with Crippen LogP contribution in [-0.2, 0) is 0 Å². The standard InChI is InChI=1S/C14H14O2/c1-10-7-11(9-12(15)8-10)13-5-3-4-6-14(13)16-2/h3-9,15H,1-2H3. The molecule has 0 heterocycles. The van der Waals surface area contributed by atoms with Gasteiger partial charge in [0, 0.05) is 5.56 Å². The zero-order valence-electron chi connectivity index (χ0n) is 9.40. The zero-order valence-corrected chi connectivity index (χ0v) is 9.40. The zero-order chi connectivity index (χ0) is 11.5. The number of hydrogen-bond donors (Lipinski definition) is 1. The van der Waals surface area contributed by atoms with E-state index in [0.717, 1.165) is 22.4 Å². The molecule has 0 unspecified atom stereocenters. The average molecular weight is 214 g/mol. The predicted molar refractivity (Wildman–Crippen MR) is 64.8 cm³/mol. The molecule has 1 N–H and O–H groups in total. The molecule has 0 aliphatic rings. The first-order valence-electron chi connectivity index (χ1n) is 5.15. The van der Waals surface area contributed by atoms with E-state index in [1.165, 1.54) is 0 Å². The molecule has 0 amide bonds. The predicted octanol–water partition coefficient (Wildman–Crippen LogP) is 3.38. The number of para-hydroxylation sites is 1. The van der Waals surface area contributed by atoms with Crippen LogP contribution >= 0.6 is 0 Å². The number of aryl methyl sites for hydroxylation is 1. The number of hydrogen-bond acceptors (Lipinski definition) is 2. The molecule has 0 saturated carbocycles. The number of methoxy groups -OCH3 is 1. The van der Waals surface area contributed by atoms with Gasteiger partial charge in [-0.15, -0.1) is 0 Å². The van der Waals surface area contributed by atoms with Gasteiger partial charge in [-0.05, 0) is 36.2 Å². The molecule has 82 valence electrons. The normalized spacial score (nSPS) is 10.1. The van der Waals surface area contributed by atoms with Gasteiger partial charge in [0.15, 0.2) is 0 Å². The van der Waals surface area contributed by atoms with Crippen LogP contribution in [-0.4, -0.2) is 12.2 Å². The fourth-order valence-electron chi connectivity index (χ4n) is 1.80. The number of phenols is 1. The van der Waals surface area contributed by atoms with Crippen molar-refractivity contribution in [3.63, 3.8) is 0 Å². The van der Waals surface area contributed by atoms with Gasteiger partial charge in [-0.2, -0.15) is 0 Å². The number of phenolic OH excluding ortho intramolecular Hbond substituents is 1. The first-order valence-corrected chi connectivity index (χ1v) is 5.15. The molecule has 0 atom stereocenters. The number of aromatic hydroxyl groups is 1. The van der Waals surface area contributed by atoms with Crippen molar-refractivity contribution in [2.24, 2.45) is 0 Å². The molecule has 2 aromatic rings. The van der Waals surface area contributed by atoms with E-state index in [0.29, 0.717) is 0 Å². The lowest BCUT2D eigenvalue weighted by Crippen LogP contribution is -1.87.